The number of aryl methyl sites for hydroxylation is 1. The van der Waals surface area contributed by atoms with E-state index >= 15 is 0 Å². The monoisotopic (exact) mass is 252 g/mol. The van der Waals surface area contributed by atoms with Crippen LogP contribution in [0.3, 0.4) is 0 Å². The highest BCUT2D eigenvalue weighted by Gasteiger charge is 2.35. The molecule has 0 atom stereocenters. The van der Waals surface area contributed by atoms with Gasteiger partial charge in [-0.1, -0.05) is 29.8 Å². The van der Waals surface area contributed by atoms with E-state index in [9.17, 15) is 9.59 Å². The van der Waals surface area contributed by atoms with Crippen molar-refractivity contribution < 1.29 is 9.59 Å². The highest BCUT2D eigenvalue weighted by atomic mass is 16.2. The van der Waals surface area contributed by atoms with Crippen LogP contribution in [0.1, 0.15) is 31.8 Å². The number of pyridine rings is 1. The lowest BCUT2D eigenvalue weighted by atomic mass is 10.1. The van der Waals surface area contributed by atoms with Crippen molar-refractivity contribution in [1.29, 1.82) is 0 Å². The lowest BCUT2D eigenvalue weighted by Gasteiger charge is -2.13. The fraction of sp³-hybridized carbons (Fsp3) is 0.133. The van der Waals surface area contributed by atoms with Gasteiger partial charge in [-0.05, 0) is 18.6 Å². The van der Waals surface area contributed by atoms with Crippen LogP contribution < -0.4 is 0 Å². The number of amides is 2. The van der Waals surface area contributed by atoms with Crippen LogP contribution in [0.25, 0.3) is 0 Å². The zero-order valence-corrected chi connectivity index (χ0v) is 10.5. The summed E-state index contributed by atoms with van der Waals surface area (Å²) in [4.78, 5) is 29.5. The largest absolute Gasteiger partial charge is 0.270 e. The Morgan fingerprint density at radius 2 is 1.68 bits per heavy atom. The average molecular weight is 252 g/mol. The van der Waals surface area contributed by atoms with Gasteiger partial charge in [0.25, 0.3) is 11.8 Å². The number of carbonyl (C=O) groups excluding carboxylic acids is 2. The van der Waals surface area contributed by atoms with Crippen molar-refractivity contribution in [2.75, 3.05) is 0 Å². The van der Waals surface area contributed by atoms with Crippen LogP contribution in [-0.4, -0.2) is 21.7 Å². The minimum Gasteiger partial charge on any atom is -0.270 e. The quantitative estimate of drug-likeness (QED) is 0.770. The van der Waals surface area contributed by atoms with Crippen LogP contribution >= 0.6 is 0 Å². The molecule has 1 aliphatic rings. The number of aromatic nitrogens is 1. The molecule has 1 aromatic heterocycles. The summed E-state index contributed by atoms with van der Waals surface area (Å²) < 4.78 is 0. The second-order valence-corrected chi connectivity index (χ2v) is 4.60. The van der Waals surface area contributed by atoms with Gasteiger partial charge in [0.15, 0.2) is 0 Å². The maximum atomic E-state index is 12.2. The number of rotatable bonds is 2. The Morgan fingerprint density at radius 1 is 1.00 bits per heavy atom. The molecule has 2 aromatic rings. The number of nitrogens with zero attached hydrogens (tertiary/aromatic N) is 2. The Labute approximate surface area is 110 Å². The number of imide groups is 1. The number of hydrogen-bond donors (Lipinski definition) is 0. The van der Waals surface area contributed by atoms with Crippen molar-refractivity contribution in [3.63, 3.8) is 0 Å². The summed E-state index contributed by atoms with van der Waals surface area (Å²) in [6.07, 6.45) is 2.98. The summed E-state index contributed by atoms with van der Waals surface area (Å²) in [5, 5.41) is 0. The van der Waals surface area contributed by atoms with Gasteiger partial charge in [-0.15, -0.1) is 0 Å². The molecular formula is C15H12N2O2. The molecule has 2 heterocycles. The van der Waals surface area contributed by atoms with Crippen LogP contribution in [0, 0.1) is 6.92 Å². The number of benzene rings is 1. The SMILES string of the molecule is Cc1ccc(CN2C(=O)c3ccncc3C2=O)cc1. The topological polar surface area (TPSA) is 50.3 Å². The first-order valence-corrected chi connectivity index (χ1v) is 6.02. The highest BCUT2D eigenvalue weighted by Crippen LogP contribution is 2.23. The maximum Gasteiger partial charge on any atom is 0.263 e. The number of hydrogen-bond acceptors (Lipinski definition) is 3. The third-order valence-electron chi connectivity index (χ3n) is 3.23. The van der Waals surface area contributed by atoms with Crippen molar-refractivity contribution in [2.45, 2.75) is 13.5 Å². The van der Waals surface area contributed by atoms with Crippen LogP contribution in [0.15, 0.2) is 42.7 Å². The summed E-state index contributed by atoms with van der Waals surface area (Å²) in [6, 6.07) is 9.38. The first-order valence-electron chi connectivity index (χ1n) is 6.02. The molecule has 0 unspecified atom stereocenters. The van der Waals surface area contributed by atoms with Gasteiger partial charge in [0.1, 0.15) is 0 Å². The number of carbonyl (C=O) groups is 2. The van der Waals surface area contributed by atoms with Gasteiger partial charge < -0.3 is 0 Å². The molecule has 0 saturated heterocycles. The molecule has 0 N–H and O–H groups in total. The predicted octanol–water partition coefficient (Wildman–Crippen LogP) is 2.19. The molecule has 1 aromatic carbocycles. The van der Waals surface area contributed by atoms with Crippen LogP contribution in [-0.2, 0) is 6.54 Å². The Kier molecular flexibility index (Phi) is 2.63. The fourth-order valence-corrected chi connectivity index (χ4v) is 2.15. The highest BCUT2D eigenvalue weighted by molar-refractivity contribution is 6.21. The zero-order chi connectivity index (χ0) is 13.4. The van der Waals surface area contributed by atoms with Gasteiger partial charge in [-0.2, -0.15) is 0 Å². The van der Waals surface area contributed by atoms with E-state index < -0.39 is 0 Å². The minimum atomic E-state index is -0.270. The second-order valence-electron chi connectivity index (χ2n) is 4.60. The molecule has 0 fully saturated rings. The lowest BCUT2D eigenvalue weighted by Crippen LogP contribution is -2.29. The van der Waals surface area contributed by atoms with Crippen molar-refractivity contribution in [3.05, 3.63) is 65.0 Å². The van der Waals surface area contributed by atoms with Gasteiger partial charge in [-0.3, -0.25) is 19.5 Å². The van der Waals surface area contributed by atoms with Crippen molar-refractivity contribution in [3.8, 4) is 0 Å². The number of fused-ring (bicyclic) bond motifs is 1. The third-order valence-corrected chi connectivity index (χ3v) is 3.23. The molecule has 3 rings (SSSR count). The van der Waals surface area contributed by atoms with Gasteiger partial charge in [0.05, 0.1) is 17.7 Å². The Balaban J connectivity index is 1.90. The van der Waals surface area contributed by atoms with Gasteiger partial charge in [0, 0.05) is 12.4 Å². The van der Waals surface area contributed by atoms with E-state index in [1.54, 1.807) is 6.07 Å². The third kappa shape index (κ3) is 1.91. The van der Waals surface area contributed by atoms with Crippen molar-refractivity contribution >= 4 is 11.8 Å². The molecule has 1 aliphatic heterocycles. The van der Waals surface area contributed by atoms with E-state index in [0.717, 1.165) is 11.1 Å². The van der Waals surface area contributed by atoms with Gasteiger partial charge >= 0.3 is 0 Å². The van der Waals surface area contributed by atoms with E-state index in [1.165, 1.54) is 17.3 Å². The van der Waals surface area contributed by atoms with Crippen molar-refractivity contribution in [2.24, 2.45) is 0 Å². The maximum absolute atomic E-state index is 12.2. The average Bonchev–Trinajstić information content (AvgIpc) is 2.67. The first-order chi connectivity index (χ1) is 9.16. The molecule has 2 amide bonds. The van der Waals surface area contributed by atoms with Gasteiger partial charge in [-0.25, -0.2) is 0 Å². The van der Waals surface area contributed by atoms with Crippen LogP contribution in [0.2, 0.25) is 0 Å². The minimum absolute atomic E-state index is 0.247. The van der Waals surface area contributed by atoms with Gasteiger partial charge in [0.2, 0.25) is 0 Å². The molecule has 4 nitrogen and oxygen atoms in total. The Morgan fingerprint density at radius 3 is 2.37 bits per heavy atom. The molecule has 0 aliphatic carbocycles. The van der Waals surface area contributed by atoms with Crippen LogP contribution in [0.4, 0.5) is 0 Å². The van der Waals surface area contributed by atoms with E-state index in [0.29, 0.717) is 17.7 Å². The molecule has 19 heavy (non-hydrogen) atoms. The van der Waals surface area contributed by atoms with Crippen molar-refractivity contribution in [1.82, 2.24) is 9.88 Å². The zero-order valence-electron chi connectivity index (χ0n) is 10.5. The summed E-state index contributed by atoms with van der Waals surface area (Å²) in [5.41, 5.74) is 2.91. The van der Waals surface area contributed by atoms with E-state index in [4.69, 9.17) is 0 Å². The molecule has 0 bridgehead atoms. The molecule has 94 valence electrons. The molecule has 0 saturated carbocycles. The standard InChI is InChI=1S/C15H12N2O2/c1-10-2-4-11(5-3-10)9-17-14(18)12-6-7-16-8-13(12)15(17)19/h2-8H,9H2,1H3. The molecular weight excluding hydrogens is 240 g/mol. The Hall–Kier alpha value is -2.49. The van der Waals surface area contributed by atoms with E-state index in [2.05, 4.69) is 4.98 Å². The molecule has 4 heteroatoms. The molecule has 0 radical (unpaired) electrons. The van der Waals surface area contributed by atoms with E-state index in [1.807, 2.05) is 31.2 Å². The summed E-state index contributed by atoms with van der Waals surface area (Å²) >= 11 is 0. The van der Waals surface area contributed by atoms with E-state index in [-0.39, 0.29) is 11.8 Å². The first kappa shape index (κ1) is 11.6. The normalized spacial score (nSPS) is 13.8. The lowest BCUT2D eigenvalue weighted by molar-refractivity contribution is 0.0642. The molecule has 0 spiro atoms. The Bertz CT molecular complexity index is 627. The fourth-order valence-electron chi connectivity index (χ4n) is 2.15. The second kappa shape index (κ2) is 4.31. The summed E-state index contributed by atoms with van der Waals surface area (Å²) in [6.45, 7) is 2.30. The van der Waals surface area contributed by atoms with Crippen LogP contribution in [0.5, 0.6) is 0 Å². The smallest absolute Gasteiger partial charge is 0.263 e. The summed E-state index contributed by atoms with van der Waals surface area (Å²) in [5.74, 6) is -0.517. The predicted molar refractivity (Wildman–Crippen MR) is 69.6 cm³/mol. The summed E-state index contributed by atoms with van der Waals surface area (Å²) in [7, 11) is 0.